The largest absolute Gasteiger partial charge is 0.497 e. The molecule has 2 aromatic rings. The molecule has 0 saturated heterocycles. The second-order valence-electron chi connectivity index (χ2n) is 4.24. The zero-order valence-corrected chi connectivity index (χ0v) is 11.7. The predicted molar refractivity (Wildman–Crippen MR) is 78.6 cm³/mol. The van der Waals surface area contributed by atoms with Gasteiger partial charge in [-0.25, -0.2) is 0 Å². The van der Waals surface area contributed by atoms with Gasteiger partial charge in [0.25, 0.3) is 5.75 Å². The number of azo groups is 1. The topological polar surface area (TPSA) is 140 Å². The number of nitrogens with zero attached hydrogens (tertiary/aromatic N) is 4. The molecule has 0 unspecified atom stereocenters. The van der Waals surface area contributed by atoms with Gasteiger partial charge in [0.1, 0.15) is 5.75 Å². The van der Waals surface area contributed by atoms with E-state index in [0.29, 0.717) is 11.4 Å². The fourth-order valence-corrected chi connectivity index (χ4v) is 1.69. The Morgan fingerprint density at radius 2 is 1.43 bits per heavy atom. The smallest absolute Gasteiger partial charge is 0.320 e. The molecule has 0 fully saturated rings. The van der Waals surface area contributed by atoms with Crippen LogP contribution in [0, 0.1) is 20.2 Å². The van der Waals surface area contributed by atoms with Crippen molar-refractivity contribution >= 4 is 22.7 Å². The number of aromatic hydroxyl groups is 1. The molecule has 10 heteroatoms. The van der Waals surface area contributed by atoms with Crippen LogP contribution in [0.3, 0.4) is 0 Å². The first-order valence-electron chi connectivity index (χ1n) is 6.14. The Labute approximate surface area is 129 Å². The van der Waals surface area contributed by atoms with E-state index < -0.39 is 27.0 Å². The molecule has 0 aliphatic carbocycles. The Hall–Kier alpha value is -3.56. The summed E-state index contributed by atoms with van der Waals surface area (Å²) in [4.78, 5) is 19.8. The van der Waals surface area contributed by atoms with Crippen LogP contribution in [0.2, 0.25) is 0 Å². The third kappa shape index (κ3) is 3.56. The third-order valence-electron chi connectivity index (χ3n) is 2.80. The number of rotatable bonds is 5. The fourth-order valence-electron chi connectivity index (χ4n) is 1.69. The summed E-state index contributed by atoms with van der Waals surface area (Å²) in [5.41, 5.74) is -1.34. The van der Waals surface area contributed by atoms with Crippen molar-refractivity contribution in [3.05, 3.63) is 56.6 Å². The van der Waals surface area contributed by atoms with Crippen molar-refractivity contribution in [3.63, 3.8) is 0 Å². The van der Waals surface area contributed by atoms with Gasteiger partial charge in [-0.2, -0.15) is 10.2 Å². The molecule has 0 spiro atoms. The summed E-state index contributed by atoms with van der Waals surface area (Å²) in [6.07, 6.45) is 0. The number of hydrogen-bond donors (Lipinski definition) is 1. The van der Waals surface area contributed by atoms with Crippen molar-refractivity contribution in [3.8, 4) is 11.5 Å². The highest BCUT2D eigenvalue weighted by Gasteiger charge is 2.26. The molecule has 0 aromatic heterocycles. The summed E-state index contributed by atoms with van der Waals surface area (Å²) in [5.74, 6) is -0.414. The molecule has 0 heterocycles. The van der Waals surface area contributed by atoms with Crippen molar-refractivity contribution in [2.24, 2.45) is 10.2 Å². The minimum atomic E-state index is -1.02. The molecule has 0 radical (unpaired) electrons. The van der Waals surface area contributed by atoms with Crippen LogP contribution < -0.4 is 4.74 Å². The Bertz CT molecular complexity index is 753. The average molecular weight is 318 g/mol. The normalized spacial score (nSPS) is 10.7. The van der Waals surface area contributed by atoms with E-state index in [-0.39, 0.29) is 5.69 Å². The number of nitro benzene ring substituents is 2. The van der Waals surface area contributed by atoms with Crippen LogP contribution in [0.4, 0.5) is 22.7 Å². The van der Waals surface area contributed by atoms with Gasteiger partial charge in [-0.15, -0.1) is 0 Å². The highest BCUT2D eigenvalue weighted by atomic mass is 16.6. The lowest BCUT2D eigenvalue weighted by molar-refractivity contribution is -0.396. The molecular formula is C13H10N4O6. The van der Waals surface area contributed by atoms with E-state index in [9.17, 15) is 25.3 Å². The number of phenols is 1. The van der Waals surface area contributed by atoms with Crippen LogP contribution >= 0.6 is 0 Å². The van der Waals surface area contributed by atoms with Crippen LogP contribution in [-0.2, 0) is 0 Å². The fraction of sp³-hybridized carbons (Fsp3) is 0.0769. The van der Waals surface area contributed by atoms with Gasteiger partial charge in [-0.3, -0.25) is 20.2 Å². The van der Waals surface area contributed by atoms with Gasteiger partial charge in [-0.1, -0.05) is 0 Å². The molecule has 0 aliphatic rings. The Morgan fingerprint density at radius 1 is 0.957 bits per heavy atom. The summed E-state index contributed by atoms with van der Waals surface area (Å²) in [5, 5.41) is 38.7. The number of benzene rings is 2. The summed E-state index contributed by atoms with van der Waals surface area (Å²) in [7, 11) is 1.51. The highest BCUT2D eigenvalue weighted by Crippen LogP contribution is 2.39. The van der Waals surface area contributed by atoms with Crippen molar-refractivity contribution in [1.82, 2.24) is 0 Å². The average Bonchev–Trinajstić information content (AvgIpc) is 2.53. The molecule has 10 nitrogen and oxygen atoms in total. The number of nitro groups is 2. The summed E-state index contributed by atoms with van der Waals surface area (Å²) in [6, 6.07) is 8.24. The Kier molecular flexibility index (Phi) is 4.45. The number of ether oxygens (including phenoxy) is 1. The van der Waals surface area contributed by atoms with Crippen LogP contribution in [0.1, 0.15) is 0 Å². The van der Waals surface area contributed by atoms with E-state index in [1.54, 1.807) is 24.3 Å². The zero-order valence-electron chi connectivity index (χ0n) is 11.7. The van der Waals surface area contributed by atoms with E-state index in [2.05, 4.69) is 10.2 Å². The second kappa shape index (κ2) is 6.47. The number of phenolic OH excluding ortho intramolecular Hbond substituents is 1. The molecule has 0 amide bonds. The van der Waals surface area contributed by atoms with Crippen molar-refractivity contribution in [2.75, 3.05) is 7.11 Å². The molecule has 2 rings (SSSR count). The maximum Gasteiger partial charge on any atom is 0.320 e. The van der Waals surface area contributed by atoms with Gasteiger partial charge in [0.15, 0.2) is 0 Å². The minimum Gasteiger partial charge on any atom is -0.497 e. The van der Waals surface area contributed by atoms with E-state index in [0.717, 1.165) is 12.1 Å². The van der Waals surface area contributed by atoms with Crippen molar-refractivity contribution in [2.45, 2.75) is 0 Å². The van der Waals surface area contributed by atoms with Gasteiger partial charge >= 0.3 is 11.4 Å². The summed E-state index contributed by atoms with van der Waals surface area (Å²) < 4.78 is 4.98. The van der Waals surface area contributed by atoms with Gasteiger partial charge in [0, 0.05) is 12.1 Å². The van der Waals surface area contributed by atoms with Gasteiger partial charge in [-0.05, 0) is 24.3 Å². The lowest BCUT2D eigenvalue weighted by Gasteiger charge is -2.00. The zero-order chi connectivity index (χ0) is 17.0. The van der Waals surface area contributed by atoms with Crippen molar-refractivity contribution < 1.29 is 19.7 Å². The summed E-state index contributed by atoms with van der Waals surface area (Å²) in [6.45, 7) is 0. The second-order valence-corrected chi connectivity index (χ2v) is 4.24. The molecule has 118 valence electrons. The third-order valence-corrected chi connectivity index (χ3v) is 2.80. The molecule has 23 heavy (non-hydrogen) atoms. The SMILES string of the molecule is COc1ccc(N=Nc2cc([N+](=O)[O-])c(O)c([N+](=O)[O-])c2)cc1. The minimum absolute atomic E-state index is 0.128. The molecular weight excluding hydrogens is 308 g/mol. The van der Waals surface area contributed by atoms with Gasteiger partial charge in [0.05, 0.1) is 28.3 Å². The monoisotopic (exact) mass is 318 g/mol. The van der Waals surface area contributed by atoms with Crippen LogP contribution in [0.25, 0.3) is 0 Å². The number of hydrogen-bond acceptors (Lipinski definition) is 8. The van der Waals surface area contributed by atoms with E-state index in [4.69, 9.17) is 4.74 Å². The molecule has 0 bridgehead atoms. The van der Waals surface area contributed by atoms with E-state index in [1.165, 1.54) is 7.11 Å². The first-order valence-corrected chi connectivity index (χ1v) is 6.14. The van der Waals surface area contributed by atoms with E-state index in [1.807, 2.05) is 0 Å². The van der Waals surface area contributed by atoms with Gasteiger partial charge in [0.2, 0.25) is 0 Å². The first-order chi connectivity index (χ1) is 10.9. The lowest BCUT2D eigenvalue weighted by atomic mass is 10.2. The quantitative estimate of drug-likeness (QED) is 0.507. The Balaban J connectivity index is 2.40. The molecule has 2 aromatic carbocycles. The summed E-state index contributed by atoms with van der Waals surface area (Å²) >= 11 is 0. The Morgan fingerprint density at radius 3 is 1.87 bits per heavy atom. The van der Waals surface area contributed by atoms with Crippen LogP contribution in [0.15, 0.2) is 46.6 Å². The highest BCUT2D eigenvalue weighted by molar-refractivity contribution is 5.66. The molecule has 0 atom stereocenters. The maximum absolute atomic E-state index is 10.8. The van der Waals surface area contributed by atoms with Crippen LogP contribution in [-0.4, -0.2) is 22.1 Å². The molecule has 1 N–H and O–H groups in total. The standard InChI is InChI=1S/C13H10N4O6/c1-23-10-4-2-8(3-5-10)14-15-9-6-11(16(19)20)13(18)12(7-9)17(21)22/h2-7,18H,1H3. The van der Waals surface area contributed by atoms with E-state index >= 15 is 0 Å². The number of methoxy groups -OCH3 is 1. The first kappa shape index (κ1) is 15.8. The lowest BCUT2D eigenvalue weighted by Crippen LogP contribution is -1.93. The predicted octanol–water partition coefficient (Wildman–Crippen LogP) is 3.63. The van der Waals surface area contributed by atoms with Gasteiger partial charge < -0.3 is 9.84 Å². The maximum atomic E-state index is 10.8. The molecule has 0 saturated carbocycles. The molecule has 0 aliphatic heterocycles. The van der Waals surface area contributed by atoms with Crippen LogP contribution in [0.5, 0.6) is 11.5 Å². The van der Waals surface area contributed by atoms with Crippen molar-refractivity contribution in [1.29, 1.82) is 0 Å².